The van der Waals surface area contributed by atoms with E-state index in [2.05, 4.69) is 4.98 Å². The number of thiazole rings is 1. The highest BCUT2D eigenvalue weighted by Crippen LogP contribution is 2.37. The first-order valence-corrected chi connectivity index (χ1v) is 12.2. The zero-order valence-electron chi connectivity index (χ0n) is 15.4. The van der Waals surface area contributed by atoms with Crippen LogP contribution >= 0.6 is 22.7 Å². The maximum atomic E-state index is 13.3. The van der Waals surface area contributed by atoms with Crippen molar-refractivity contribution in [3.8, 4) is 0 Å². The van der Waals surface area contributed by atoms with Gasteiger partial charge in [0.05, 0.1) is 30.2 Å². The molecule has 1 aliphatic rings. The molecule has 0 spiro atoms. The van der Waals surface area contributed by atoms with Gasteiger partial charge in [-0.25, -0.2) is 13.4 Å². The van der Waals surface area contributed by atoms with Gasteiger partial charge in [0.2, 0.25) is 11.0 Å². The Hall–Kier alpha value is -2.27. The number of thiophene rings is 1. The summed E-state index contributed by atoms with van der Waals surface area (Å²) in [4.78, 5) is 18.9. The lowest BCUT2D eigenvalue weighted by atomic mass is 10.3. The number of aromatic nitrogens is 1. The molecule has 2 aromatic heterocycles. The highest BCUT2D eigenvalue weighted by Gasteiger charge is 2.30. The number of anilines is 2. The molecule has 7 nitrogen and oxygen atoms in total. The summed E-state index contributed by atoms with van der Waals surface area (Å²) in [6, 6.07) is 11.8. The molecule has 4 rings (SSSR count). The molecule has 0 atom stereocenters. The van der Waals surface area contributed by atoms with Crippen LogP contribution < -0.4 is 4.31 Å². The molecular formula is C19H19N3O4S3. The molecule has 0 unspecified atom stereocenters. The number of hydrogen-bond donors (Lipinski definition) is 0. The topological polar surface area (TPSA) is 79.8 Å². The summed E-state index contributed by atoms with van der Waals surface area (Å²) in [6.45, 7) is 2.21. The number of ether oxygens (including phenoxy) is 1. The lowest BCUT2D eigenvalue weighted by Gasteiger charge is -2.26. The Kier molecular flexibility index (Phi) is 5.95. The molecule has 3 heterocycles. The lowest BCUT2D eigenvalue weighted by molar-refractivity contribution is -0.134. The maximum absolute atomic E-state index is 13.3. The van der Waals surface area contributed by atoms with E-state index in [4.69, 9.17) is 4.74 Å². The smallest absolute Gasteiger partial charge is 0.271 e. The van der Waals surface area contributed by atoms with Gasteiger partial charge in [0.25, 0.3) is 10.0 Å². The van der Waals surface area contributed by atoms with Crippen molar-refractivity contribution < 1.29 is 17.9 Å². The summed E-state index contributed by atoms with van der Waals surface area (Å²) in [5, 5.41) is 4.43. The first kappa shape index (κ1) is 20.0. The first-order valence-electron chi connectivity index (χ1n) is 8.99. The predicted molar refractivity (Wildman–Crippen MR) is 113 cm³/mol. The number of rotatable bonds is 6. The molecule has 1 aromatic carbocycles. The van der Waals surface area contributed by atoms with Crippen LogP contribution in [0.4, 0.5) is 10.1 Å². The van der Waals surface area contributed by atoms with Crippen molar-refractivity contribution in [2.45, 2.75) is 11.3 Å². The van der Waals surface area contributed by atoms with E-state index in [1.807, 2.05) is 5.38 Å². The Labute approximate surface area is 177 Å². The van der Waals surface area contributed by atoms with Gasteiger partial charge in [-0.05, 0) is 29.6 Å². The molecule has 0 aliphatic carbocycles. The molecule has 29 heavy (non-hydrogen) atoms. The fraction of sp³-hybridized carbons (Fsp3) is 0.263. The van der Waals surface area contributed by atoms with Gasteiger partial charge in [0.1, 0.15) is 5.00 Å². The summed E-state index contributed by atoms with van der Waals surface area (Å²) >= 11 is 2.53. The maximum Gasteiger partial charge on any atom is 0.271 e. The van der Waals surface area contributed by atoms with E-state index in [1.54, 1.807) is 52.7 Å². The number of carbonyl (C=O) groups excluding carboxylic acids is 1. The van der Waals surface area contributed by atoms with Crippen LogP contribution in [-0.2, 0) is 26.0 Å². The van der Waals surface area contributed by atoms with Gasteiger partial charge in [-0.2, -0.15) is 4.31 Å². The van der Waals surface area contributed by atoms with Gasteiger partial charge in [-0.1, -0.05) is 18.2 Å². The summed E-state index contributed by atoms with van der Waals surface area (Å²) < 4.78 is 33.2. The van der Waals surface area contributed by atoms with Gasteiger partial charge in [0.15, 0.2) is 0 Å². The second-order valence-electron chi connectivity index (χ2n) is 6.33. The average molecular weight is 450 g/mol. The Morgan fingerprint density at radius 3 is 2.55 bits per heavy atom. The number of amides is 1. The largest absolute Gasteiger partial charge is 0.378 e. The Balaban J connectivity index is 1.62. The fourth-order valence-corrected chi connectivity index (χ4v) is 6.49. The van der Waals surface area contributed by atoms with E-state index >= 15 is 0 Å². The molecule has 152 valence electrons. The third-order valence-electron chi connectivity index (χ3n) is 4.40. The van der Waals surface area contributed by atoms with E-state index in [9.17, 15) is 13.2 Å². The normalized spacial score (nSPS) is 14.7. The minimum absolute atomic E-state index is 0.0289. The zero-order valence-corrected chi connectivity index (χ0v) is 17.9. The Morgan fingerprint density at radius 2 is 1.86 bits per heavy atom. The molecule has 1 amide bonds. The van der Waals surface area contributed by atoms with E-state index < -0.39 is 10.0 Å². The van der Waals surface area contributed by atoms with Gasteiger partial charge in [-0.3, -0.25) is 4.79 Å². The van der Waals surface area contributed by atoms with Crippen molar-refractivity contribution in [1.29, 1.82) is 0 Å². The van der Waals surface area contributed by atoms with Crippen molar-refractivity contribution in [2.24, 2.45) is 0 Å². The third-order valence-corrected chi connectivity index (χ3v) is 8.07. The van der Waals surface area contributed by atoms with Crippen LogP contribution in [0.3, 0.4) is 0 Å². The van der Waals surface area contributed by atoms with Crippen molar-refractivity contribution in [3.05, 3.63) is 58.9 Å². The quantitative estimate of drug-likeness (QED) is 0.578. The van der Waals surface area contributed by atoms with E-state index in [0.717, 1.165) is 0 Å². The Morgan fingerprint density at radius 1 is 1.10 bits per heavy atom. The van der Waals surface area contributed by atoms with Crippen LogP contribution in [0.5, 0.6) is 0 Å². The standard InChI is InChI=1S/C19H19N3O4S3/c23-17(21-8-10-26-11-9-21)13-15-14-28-19(20-15)22(18-7-4-12-27-18)29(24,25)16-5-2-1-3-6-16/h1-7,12,14H,8-11,13H2. The molecule has 1 saturated heterocycles. The van der Waals surface area contributed by atoms with Gasteiger partial charge >= 0.3 is 0 Å². The molecule has 10 heteroatoms. The summed E-state index contributed by atoms with van der Waals surface area (Å²) in [7, 11) is -3.83. The van der Waals surface area contributed by atoms with Crippen LogP contribution in [0.25, 0.3) is 0 Å². The molecule has 0 bridgehead atoms. The average Bonchev–Trinajstić information content (AvgIpc) is 3.42. The zero-order chi connectivity index (χ0) is 20.3. The molecular weight excluding hydrogens is 430 g/mol. The van der Waals surface area contributed by atoms with Crippen LogP contribution in [-0.4, -0.2) is 50.5 Å². The number of benzene rings is 1. The number of hydrogen-bond acceptors (Lipinski definition) is 7. The molecule has 0 radical (unpaired) electrons. The monoisotopic (exact) mass is 449 g/mol. The third kappa shape index (κ3) is 4.35. The molecule has 1 fully saturated rings. The van der Waals surface area contributed by atoms with E-state index in [0.29, 0.717) is 42.1 Å². The van der Waals surface area contributed by atoms with E-state index in [-0.39, 0.29) is 17.2 Å². The Bertz CT molecular complexity index is 1060. The predicted octanol–water partition coefficient (Wildman–Crippen LogP) is 3.13. The second kappa shape index (κ2) is 8.62. The van der Waals surface area contributed by atoms with Crippen LogP contribution in [0.1, 0.15) is 5.69 Å². The molecule has 0 N–H and O–H groups in total. The lowest BCUT2D eigenvalue weighted by Crippen LogP contribution is -2.41. The minimum atomic E-state index is -3.83. The number of sulfonamides is 1. The number of nitrogens with zero attached hydrogens (tertiary/aromatic N) is 3. The van der Waals surface area contributed by atoms with Crippen LogP contribution in [0.2, 0.25) is 0 Å². The summed E-state index contributed by atoms with van der Waals surface area (Å²) in [5.74, 6) is -0.0289. The summed E-state index contributed by atoms with van der Waals surface area (Å²) in [6.07, 6.45) is 0.139. The number of morpholine rings is 1. The molecule has 1 aliphatic heterocycles. The van der Waals surface area contributed by atoms with Gasteiger partial charge < -0.3 is 9.64 Å². The van der Waals surface area contributed by atoms with Crippen LogP contribution in [0.15, 0.2) is 58.1 Å². The molecule has 3 aromatic rings. The number of carbonyl (C=O) groups is 1. The fourth-order valence-electron chi connectivity index (χ4n) is 2.95. The van der Waals surface area contributed by atoms with Crippen molar-refractivity contribution in [1.82, 2.24) is 9.88 Å². The van der Waals surface area contributed by atoms with Gasteiger partial charge in [-0.15, -0.1) is 22.7 Å². The van der Waals surface area contributed by atoms with Crippen molar-refractivity contribution >= 4 is 48.7 Å². The van der Waals surface area contributed by atoms with Crippen molar-refractivity contribution in [2.75, 3.05) is 30.6 Å². The molecule has 0 saturated carbocycles. The SMILES string of the molecule is O=C(Cc1csc(N(c2cccs2)S(=O)(=O)c2ccccc2)n1)N1CCOCC1. The highest BCUT2D eigenvalue weighted by atomic mass is 32.2. The first-order chi connectivity index (χ1) is 14.1. The second-order valence-corrected chi connectivity index (χ2v) is 9.87. The van der Waals surface area contributed by atoms with E-state index in [1.165, 1.54) is 27.0 Å². The van der Waals surface area contributed by atoms with Crippen LogP contribution in [0, 0.1) is 0 Å². The van der Waals surface area contributed by atoms with Gasteiger partial charge in [0, 0.05) is 18.5 Å². The minimum Gasteiger partial charge on any atom is -0.378 e. The summed E-state index contributed by atoms with van der Waals surface area (Å²) in [5.41, 5.74) is 0.561. The highest BCUT2D eigenvalue weighted by molar-refractivity contribution is 7.93. The van der Waals surface area contributed by atoms with Crippen molar-refractivity contribution in [3.63, 3.8) is 0 Å².